The summed E-state index contributed by atoms with van der Waals surface area (Å²) in [6, 6.07) is 2.84. The molecule has 1 N–H and O–H groups in total. The van der Waals surface area contributed by atoms with Crippen molar-refractivity contribution in [1.82, 2.24) is 29.9 Å². The fraction of sp³-hybridized carbons (Fsp3) is 0.450. The van der Waals surface area contributed by atoms with Crippen molar-refractivity contribution in [3.63, 3.8) is 0 Å². The number of amides is 1. The first-order valence-corrected chi connectivity index (χ1v) is 9.91. The van der Waals surface area contributed by atoms with Crippen molar-refractivity contribution >= 4 is 16.7 Å². The second-order valence-electron chi connectivity index (χ2n) is 7.96. The molecular formula is C20H21F3N6O2. The molecule has 1 atom stereocenters. The lowest BCUT2D eigenvalue weighted by atomic mass is 10.0. The van der Waals surface area contributed by atoms with Crippen molar-refractivity contribution in [3.8, 4) is 0 Å². The standard InChI is InChI=1S/C20H21F3N6O2/c1-11(2)18-15-7-12(20(21,22)23)3-5-14(15)19(31)29(27-18)9-17(30)25-13-4-6-16-26-24-10-28(16)8-13/h3,5,7,10-11,13H,4,6,8-9H2,1-2H3,(H,25,30). The summed E-state index contributed by atoms with van der Waals surface area (Å²) >= 11 is 0. The van der Waals surface area contributed by atoms with Crippen LogP contribution in [0.5, 0.6) is 0 Å². The minimum Gasteiger partial charge on any atom is -0.350 e. The van der Waals surface area contributed by atoms with E-state index < -0.39 is 23.2 Å². The minimum atomic E-state index is -4.53. The van der Waals surface area contributed by atoms with Crippen molar-refractivity contribution < 1.29 is 18.0 Å². The van der Waals surface area contributed by atoms with Gasteiger partial charge in [-0.05, 0) is 30.5 Å². The van der Waals surface area contributed by atoms with Gasteiger partial charge in [0.1, 0.15) is 18.7 Å². The SMILES string of the molecule is CC(C)c1nn(CC(=O)NC2CCc3nncn3C2)c(=O)c2ccc(C(F)(F)F)cc12. The molecule has 4 rings (SSSR count). The quantitative estimate of drug-likeness (QED) is 0.680. The second-order valence-corrected chi connectivity index (χ2v) is 7.96. The highest BCUT2D eigenvalue weighted by Gasteiger charge is 2.31. The molecule has 0 spiro atoms. The van der Waals surface area contributed by atoms with Gasteiger partial charge in [0.2, 0.25) is 5.91 Å². The number of carbonyl (C=O) groups excluding carboxylic acids is 1. The van der Waals surface area contributed by atoms with E-state index in [0.717, 1.165) is 28.7 Å². The van der Waals surface area contributed by atoms with Crippen molar-refractivity contribution in [2.75, 3.05) is 0 Å². The van der Waals surface area contributed by atoms with E-state index in [0.29, 0.717) is 25.1 Å². The van der Waals surface area contributed by atoms with Crippen LogP contribution in [0.3, 0.4) is 0 Å². The Morgan fingerprint density at radius 3 is 2.77 bits per heavy atom. The molecule has 3 heterocycles. The zero-order valence-electron chi connectivity index (χ0n) is 17.0. The fourth-order valence-electron chi connectivity index (χ4n) is 3.81. The second kappa shape index (κ2) is 7.78. The number of halogens is 3. The van der Waals surface area contributed by atoms with Crippen LogP contribution in [0.25, 0.3) is 10.8 Å². The first-order valence-electron chi connectivity index (χ1n) is 9.91. The Balaban J connectivity index is 1.61. The average molecular weight is 434 g/mol. The third-order valence-corrected chi connectivity index (χ3v) is 5.35. The van der Waals surface area contributed by atoms with Gasteiger partial charge in [0.15, 0.2) is 0 Å². The minimum absolute atomic E-state index is 0.103. The Labute approximate surface area is 175 Å². The number of nitrogens with zero attached hydrogens (tertiary/aromatic N) is 5. The first-order chi connectivity index (χ1) is 14.6. The molecule has 1 aliphatic rings. The molecule has 164 valence electrons. The van der Waals surface area contributed by atoms with Crippen molar-refractivity contribution in [1.29, 1.82) is 0 Å². The predicted molar refractivity (Wildman–Crippen MR) is 105 cm³/mol. The van der Waals surface area contributed by atoms with E-state index in [9.17, 15) is 22.8 Å². The van der Waals surface area contributed by atoms with Crippen LogP contribution in [-0.2, 0) is 30.5 Å². The van der Waals surface area contributed by atoms with Crippen LogP contribution < -0.4 is 10.9 Å². The zero-order chi connectivity index (χ0) is 22.3. The number of nitrogens with one attached hydrogen (secondary N) is 1. The summed E-state index contributed by atoms with van der Waals surface area (Å²) in [5.41, 5.74) is -1.11. The van der Waals surface area contributed by atoms with Gasteiger partial charge >= 0.3 is 6.18 Å². The lowest BCUT2D eigenvalue weighted by Crippen LogP contribution is -2.43. The number of carbonyl (C=O) groups is 1. The Bertz CT molecular complexity index is 1200. The van der Waals surface area contributed by atoms with Gasteiger partial charge in [0.05, 0.1) is 16.6 Å². The topological polar surface area (TPSA) is 94.7 Å². The summed E-state index contributed by atoms with van der Waals surface area (Å²) in [5.74, 6) is 0.223. The largest absolute Gasteiger partial charge is 0.416 e. The molecule has 1 unspecified atom stereocenters. The molecule has 31 heavy (non-hydrogen) atoms. The van der Waals surface area contributed by atoms with E-state index in [1.165, 1.54) is 0 Å². The van der Waals surface area contributed by atoms with E-state index in [1.807, 2.05) is 4.57 Å². The highest BCUT2D eigenvalue weighted by atomic mass is 19.4. The van der Waals surface area contributed by atoms with E-state index in [2.05, 4.69) is 20.6 Å². The third-order valence-electron chi connectivity index (χ3n) is 5.35. The van der Waals surface area contributed by atoms with E-state index in [4.69, 9.17) is 0 Å². The molecule has 1 aliphatic heterocycles. The van der Waals surface area contributed by atoms with Gasteiger partial charge in [-0.1, -0.05) is 13.8 Å². The number of aryl methyl sites for hydroxylation is 1. The normalized spacial score (nSPS) is 16.5. The van der Waals surface area contributed by atoms with E-state index in [1.54, 1.807) is 20.2 Å². The lowest BCUT2D eigenvalue weighted by Gasteiger charge is -2.24. The van der Waals surface area contributed by atoms with Crippen LogP contribution in [0.15, 0.2) is 29.3 Å². The third kappa shape index (κ3) is 4.17. The molecule has 0 fully saturated rings. The van der Waals surface area contributed by atoms with Gasteiger partial charge in [-0.15, -0.1) is 10.2 Å². The van der Waals surface area contributed by atoms with E-state index >= 15 is 0 Å². The van der Waals surface area contributed by atoms with E-state index in [-0.39, 0.29) is 29.3 Å². The van der Waals surface area contributed by atoms with Gasteiger partial charge in [-0.2, -0.15) is 18.3 Å². The molecular weight excluding hydrogens is 413 g/mol. The summed E-state index contributed by atoms with van der Waals surface area (Å²) in [4.78, 5) is 25.4. The first kappa shape index (κ1) is 21.0. The van der Waals surface area contributed by atoms with Gasteiger partial charge in [-0.3, -0.25) is 9.59 Å². The summed E-state index contributed by atoms with van der Waals surface area (Å²) in [5, 5.41) is 15.2. The summed E-state index contributed by atoms with van der Waals surface area (Å²) < 4.78 is 42.3. The lowest BCUT2D eigenvalue weighted by molar-refractivity contribution is -0.137. The summed E-state index contributed by atoms with van der Waals surface area (Å²) in [6.07, 6.45) is -1.55. The Kier molecular flexibility index (Phi) is 5.28. The van der Waals surface area contributed by atoms with Crippen molar-refractivity contribution in [2.45, 2.75) is 57.9 Å². The molecule has 3 aromatic rings. The number of hydrogen-bond donors (Lipinski definition) is 1. The van der Waals surface area contributed by atoms with Crippen LogP contribution >= 0.6 is 0 Å². The maximum absolute atomic E-state index is 13.1. The smallest absolute Gasteiger partial charge is 0.350 e. The molecule has 0 saturated heterocycles. The van der Waals surface area contributed by atoms with Crippen LogP contribution in [0.1, 0.15) is 43.3 Å². The van der Waals surface area contributed by atoms with Crippen LogP contribution in [-0.4, -0.2) is 36.5 Å². The highest BCUT2D eigenvalue weighted by Crippen LogP contribution is 2.32. The maximum atomic E-state index is 13.1. The van der Waals surface area contributed by atoms with Crippen LogP contribution in [0, 0.1) is 0 Å². The van der Waals surface area contributed by atoms with Crippen molar-refractivity contribution in [3.05, 3.63) is 52.0 Å². The number of aromatic nitrogens is 5. The van der Waals surface area contributed by atoms with Crippen LogP contribution in [0.4, 0.5) is 13.2 Å². The predicted octanol–water partition coefficient (Wildman–Crippen LogP) is 2.26. The molecule has 0 saturated carbocycles. The molecule has 0 bridgehead atoms. The van der Waals surface area contributed by atoms with Crippen LogP contribution in [0.2, 0.25) is 0 Å². The molecule has 0 radical (unpaired) electrons. The molecule has 8 nitrogen and oxygen atoms in total. The highest BCUT2D eigenvalue weighted by molar-refractivity contribution is 5.85. The molecule has 2 aromatic heterocycles. The maximum Gasteiger partial charge on any atom is 0.416 e. The monoisotopic (exact) mass is 434 g/mol. The average Bonchev–Trinajstić information content (AvgIpc) is 3.16. The number of fused-ring (bicyclic) bond motifs is 2. The summed E-state index contributed by atoms with van der Waals surface area (Å²) in [7, 11) is 0. The molecule has 11 heteroatoms. The number of benzene rings is 1. The Hall–Kier alpha value is -3.24. The molecule has 1 aromatic carbocycles. The fourth-order valence-corrected chi connectivity index (χ4v) is 3.81. The zero-order valence-corrected chi connectivity index (χ0v) is 17.0. The number of rotatable bonds is 4. The molecule has 1 amide bonds. The Morgan fingerprint density at radius 1 is 1.29 bits per heavy atom. The van der Waals surface area contributed by atoms with Gasteiger partial charge in [0.25, 0.3) is 5.56 Å². The summed E-state index contributed by atoms with van der Waals surface area (Å²) in [6.45, 7) is 3.76. The number of hydrogen-bond acceptors (Lipinski definition) is 5. The molecule has 0 aliphatic carbocycles. The van der Waals surface area contributed by atoms with Gasteiger partial charge < -0.3 is 9.88 Å². The Morgan fingerprint density at radius 2 is 2.06 bits per heavy atom. The number of alkyl halides is 3. The van der Waals surface area contributed by atoms with Gasteiger partial charge in [-0.25, -0.2) is 4.68 Å². The van der Waals surface area contributed by atoms with Gasteiger partial charge in [0, 0.05) is 24.4 Å². The van der Waals surface area contributed by atoms with Crippen molar-refractivity contribution in [2.24, 2.45) is 0 Å².